The lowest BCUT2D eigenvalue weighted by molar-refractivity contribution is 0.215. The van der Waals surface area contributed by atoms with E-state index in [2.05, 4.69) is 37.8 Å². The van der Waals surface area contributed by atoms with Crippen molar-refractivity contribution in [1.29, 1.82) is 0 Å². The summed E-state index contributed by atoms with van der Waals surface area (Å²) < 4.78 is 10.8. The van der Waals surface area contributed by atoms with Crippen LogP contribution >= 0.6 is 0 Å². The van der Waals surface area contributed by atoms with Crippen molar-refractivity contribution in [2.75, 3.05) is 14.2 Å². The summed E-state index contributed by atoms with van der Waals surface area (Å²) in [7, 11) is 3.37. The molecule has 0 saturated heterocycles. The van der Waals surface area contributed by atoms with Gasteiger partial charge in [-0.2, -0.15) is 0 Å². The van der Waals surface area contributed by atoms with Gasteiger partial charge in [-0.25, -0.2) is 0 Å². The van der Waals surface area contributed by atoms with Gasteiger partial charge in [0.1, 0.15) is 11.5 Å². The summed E-state index contributed by atoms with van der Waals surface area (Å²) in [6.07, 6.45) is 0. The van der Waals surface area contributed by atoms with E-state index in [1.807, 2.05) is 12.1 Å². The Labute approximate surface area is 138 Å². The number of aryl methyl sites for hydroxylation is 2. The zero-order valence-corrected chi connectivity index (χ0v) is 14.5. The lowest BCUT2D eigenvalue weighted by atomic mass is 10.0. The van der Waals surface area contributed by atoms with Crippen molar-refractivity contribution in [1.82, 2.24) is 9.88 Å². The number of aromatic nitrogens is 1. The van der Waals surface area contributed by atoms with Crippen LogP contribution in [0.1, 0.15) is 41.0 Å². The highest BCUT2D eigenvalue weighted by atomic mass is 16.5. The first-order valence-electron chi connectivity index (χ1n) is 7.95. The Bertz CT molecular complexity index is 728. The fourth-order valence-electron chi connectivity index (χ4n) is 3.52. The Morgan fingerprint density at radius 3 is 2.65 bits per heavy atom. The van der Waals surface area contributed by atoms with Gasteiger partial charge in [-0.05, 0) is 44.0 Å². The highest BCUT2D eigenvalue weighted by molar-refractivity contribution is 5.42. The number of hydrogen-bond donors (Lipinski definition) is 0. The van der Waals surface area contributed by atoms with Gasteiger partial charge in [0.15, 0.2) is 0 Å². The molecule has 1 aromatic carbocycles. The van der Waals surface area contributed by atoms with Crippen LogP contribution in [0.5, 0.6) is 11.5 Å². The van der Waals surface area contributed by atoms with Gasteiger partial charge in [0.25, 0.3) is 0 Å². The van der Waals surface area contributed by atoms with E-state index < -0.39 is 0 Å². The molecule has 3 rings (SSSR count). The topological polar surface area (TPSA) is 34.6 Å². The number of rotatable bonds is 4. The van der Waals surface area contributed by atoms with Crippen molar-refractivity contribution in [2.45, 2.75) is 39.9 Å². The third-order valence-electron chi connectivity index (χ3n) is 4.66. The zero-order chi connectivity index (χ0) is 16.6. The molecule has 0 aliphatic carbocycles. The van der Waals surface area contributed by atoms with Crippen molar-refractivity contribution in [3.63, 3.8) is 0 Å². The first kappa shape index (κ1) is 15.8. The molecule has 0 saturated carbocycles. The Hall–Kier alpha value is -2.07. The summed E-state index contributed by atoms with van der Waals surface area (Å²) in [6.45, 7) is 8.22. The minimum atomic E-state index is 0.366. The molecule has 0 fully saturated rings. The molecule has 0 bridgehead atoms. The van der Waals surface area contributed by atoms with Gasteiger partial charge in [-0.1, -0.05) is 6.07 Å². The zero-order valence-electron chi connectivity index (χ0n) is 14.5. The number of pyridine rings is 1. The first-order valence-corrected chi connectivity index (χ1v) is 7.95. The standard InChI is InChI=1S/C19H24N2O2/c1-12-8-13(2)20-17-11-21(14(3)19(12)17)10-15-6-7-16(22-4)9-18(15)23-5/h6-9,14H,10-11H2,1-5H3. The SMILES string of the molecule is COc1ccc(CN2Cc3nc(C)cc(C)c3C2C)c(OC)c1. The fraction of sp³-hybridized carbons (Fsp3) is 0.421. The van der Waals surface area contributed by atoms with Gasteiger partial charge in [0.2, 0.25) is 0 Å². The second-order valence-electron chi connectivity index (χ2n) is 6.20. The fourth-order valence-corrected chi connectivity index (χ4v) is 3.52. The first-order chi connectivity index (χ1) is 11.0. The Morgan fingerprint density at radius 1 is 1.17 bits per heavy atom. The Morgan fingerprint density at radius 2 is 1.96 bits per heavy atom. The lowest BCUT2D eigenvalue weighted by Crippen LogP contribution is -2.20. The van der Waals surface area contributed by atoms with Gasteiger partial charge >= 0.3 is 0 Å². The summed E-state index contributed by atoms with van der Waals surface area (Å²) in [6, 6.07) is 8.55. The quantitative estimate of drug-likeness (QED) is 0.860. The van der Waals surface area contributed by atoms with Crippen molar-refractivity contribution in [3.8, 4) is 11.5 Å². The summed E-state index contributed by atoms with van der Waals surface area (Å²) in [5.41, 5.74) is 6.19. The van der Waals surface area contributed by atoms with E-state index in [0.29, 0.717) is 6.04 Å². The number of nitrogens with zero attached hydrogens (tertiary/aromatic N) is 2. The molecule has 0 spiro atoms. The highest BCUT2D eigenvalue weighted by Gasteiger charge is 2.30. The third kappa shape index (κ3) is 2.91. The maximum absolute atomic E-state index is 5.53. The molecule has 0 radical (unpaired) electrons. The maximum atomic E-state index is 5.53. The van der Waals surface area contributed by atoms with Crippen molar-refractivity contribution >= 4 is 0 Å². The van der Waals surface area contributed by atoms with E-state index in [1.165, 1.54) is 22.4 Å². The molecule has 2 heterocycles. The molecule has 23 heavy (non-hydrogen) atoms. The molecule has 122 valence electrons. The average molecular weight is 312 g/mol. The summed E-state index contributed by atoms with van der Waals surface area (Å²) in [5.74, 6) is 1.69. The molecule has 1 aliphatic heterocycles. The minimum absolute atomic E-state index is 0.366. The molecule has 1 aromatic heterocycles. The Balaban J connectivity index is 1.87. The molecule has 1 atom stereocenters. The largest absolute Gasteiger partial charge is 0.497 e. The predicted octanol–water partition coefficient (Wildman–Crippen LogP) is 3.79. The van der Waals surface area contributed by atoms with Crippen LogP contribution in [0.15, 0.2) is 24.3 Å². The van der Waals surface area contributed by atoms with E-state index in [1.54, 1.807) is 14.2 Å². The average Bonchev–Trinajstić information content (AvgIpc) is 2.83. The van der Waals surface area contributed by atoms with E-state index in [4.69, 9.17) is 14.5 Å². The van der Waals surface area contributed by atoms with Crippen LogP contribution in [0, 0.1) is 13.8 Å². The van der Waals surface area contributed by atoms with Gasteiger partial charge in [0.05, 0.1) is 19.9 Å². The van der Waals surface area contributed by atoms with Crippen LogP contribution in [-0.2, 0) is 13.1 Å². The maximum Gasteiger partial charge on any atom is 0.127 e. The van der Waals surface area contributed by atoms with Gasteiger partial charge in [-0.15, -0.1) is 0 Å². The van der Waals surface area contributed by atoms with Crippen LogP contribution in [-0.4, -0.2) is 24.1 Å². The van der Waals surface area contributed by atoms with Crippen molar-refractivity contribution in [3.05, 3.63) is 52.3 Å². The van der Waals surface area contributed by atoms with Gasteiger partial charge in [-0.3, -0.25) is 9.88 Å². The number of methoxy groups -OCH3 is 2. The van der Waals surface area contributed by atoms with E-state index in [-0.39, 0.29) is 0 Å². The smallest absolute Gasteiger partial charge is 0.127 e. The van der Waals surface area contributed by atoms with Crippen molar-refractivity contribution < 1.29 is 9.47 Å². The van der Waals surface area contributed by atoms with Crippen LogP contribution < -0.4 is 9.47 Å². The Kier molecular flexibility index (Phi) is 4.26. The molecule has 1 aliphatic rings. The molecule has 0 N–H and O–H groups in total. The molecular weight excluding hydrogens is 288 g/mol. The van der Waals surface area contributed by atoms with Gasteiger partial charge < -0.3 is 9.47 Å². The second kappa shape index (κ2) is 6.20. The van der Waals surface area contributed by atoms with E-state index >= 15 is 0 Å². The van der Waals surface area contributed by atoms with E-state index in [9.17, 15) is 0 Å². The predicted molar refractivity (Wildman–Crippen MR) is 90.9 cm³/mol. The summed E-state index contributed by atoms with van der Waals surface area (Å²) >= 11 is 0. The number of benzene rings is 1. The lowest BCUT2D eigenvalue weighted by Gasteiger charge is -2.23. The number of hydrogen-bond acceptors (Lipinski definition) is 4. The highest BCUT2D eigenvalue weighted by Crippen LogP contribution is 2.37. The van der Waals surface area contributed by atoms with Crippen LogP contribution in [0.25, 0.3) is 0 Å². The van der Waals surface area contributed by atoms with E-state index in [0.717, 1.165) is 30.3 Å². The normalized spacial score (nSPS) is 17.2. The van der Waals surface area contributed by atoms with Gasteiger partial charge in [0, 0.05) is 36.5 Å². The van der Waals surface area contributed by atoms with Crippen LogP contribution in [0.3, 0.4) is 0 Å². The van der Waals surface area contributed by atoms with Crippen LogP contribution in [0.2, 0.25) is 0 Å². The number of fused-ring (bicyclic) bond motifs is 1. The molecule has 4 nitrogen and oxygen atoms in total. The second-order valence-corrected chi connectivity index (χ2v) is 6.20. The summed E-state index contributed by atoms with van der Waals surface area (Å²) in [5, 5.41) is 0. The third-order valence-corrected chi connectivity index (χ3v) is 4.66. The molecule has 0 amide bonds. The monoisotopic (exact) mass is 312 g/mol. The van der Waals surface area contributed by atoms with Crippen LogP contribution in [0.4, 0.5) is 0 Å². The van der Waals surface area contributed by atoms with Crippen molar-refractivity contribution in [2.24, 2.45) is 0 Å². The minimum Gasteiger partial charge on any atom is -0.497 e. The molecule has 2 aromatic rings. The molecular formula is C19H24N2O2. The molecule has 1 unspecified atom stereocenters. The summed E-state index contributed by atoms with van der Waals surface area (Å²) in [4.78, 5) is 7.17. The molecule has 4 heteroatoms. The number of ether oxygens (including phenoxy) is 2.